The van der Waals surface area contributed by atoms with Crippen LogP contribution in [0.5, 0.6) is 5.75 Å². The Hall–Kier alpha value is -1.59. The monoisotopic (exact) mass is 239 g/mol. The second kappa shape index (κ2) is 6.88. The van der Waals surface area contributed by atoms with E-state index in [1.165, 1.54) is 7.11 Å². The molecule has 1 aromatic carbocycles. The Balaban J connectivity index is 2.90. The first kappa shape index (κ1) is 13.5. The highest BCUT2D eigenvalue weighted by molar-refractivity contribution is 5.92. The van der Waals surface area contributed by atoms with Crippen LogP contribution in [0.15, 0.2) is 18.2 Å². The van der Waals surface area contributed by atoms with Gasteiger partial charge in [0.15, 0.2) is 0 Å². The molecular formula is C12H17NO4. The van der Waals surface area contributed by atoms with Gasteiger partial charge in [0.2, 0.25) is 0 Å². The highest BCUT2D eigenvalue weighted by Gasteiger charge is 2.13. The summed E-state index contributed by atoms with van der Waals surface area (Å²) in [7, 11) is 2.92. The molecule has 0 fully saturated rings. The van der Waals surface area contributed by atoms with Crippen LogP contribution in [0.2, 0.25) is 0 Å². The van der Waals surface area contributed by atoms with Crippen LogP contribution in [-0.2, 0) is 16.0 Å². The van der Waals surface area contributed by atoms with Gasteiger partial charge in [-0.3, -0.25) is 0 Å². The number of esters is 1. The minimum Gasteiger partial charge on any atom is -0.490 e. The van der Waals surface area contributed by atoms with E-state index in [4.69, 9.17) is 19.9 Å². The molecule has 0 aliphatic heterocycles. The molecule has 5 nitrogen and oxygen atoms in total. The summed E-state index contributed by atoms with van der Waals surface area (Å²) in [6, 6.07) is 5.20. The van der Waals surface area contributed by atoms with Gasteiger partial charge < -0.3 is 19.9 Å². The molecule has 0 aliphatic carbocycles. The lowest BCUT2D eigenvalue weighted by molar-refractivity contribution is 0.0593. The van der Waals surface area contributed by atoms with Gasteiger partial charge in [0.1, 0.15) is 17.9 Å². The van der Waals surface area contributed by atoms with Crippen molar-refractivity contribution in [1.29, 1.82) is 0 Å². The predicted molar refractivity (Wildman–Crippen MR) is 63.0 cm³/mol. The predicted octanol–water partition coefficient (Wildman–Crippen LogP) is 0.957. The molecule has 0 radical (unpaired) electrons. The third kappa shape index (κ3) is 3.72. The van der Waals surface area contributed by atoms with Gasteiger partial charge in [0.25, 0.3) is 0 Å². The summed E-state index contributed by atoms with van der Waals surface area (Å²) in [5, 5.41) is 0. The van der Waals surface area contributed by atoms with Gasteiger partial charge >= 0.3 is 5.97 Å². The highest BCUT2D eigenvalue weighted by Crippen LogP contribution is 2.21. The molecule has 0 heterocycles. The fourth-order valence-corrected chi connectivity index (χ4v) is 1.33. The molecule has 1 aromatic rings. The van der Waals surface area contributed by atoms with Gasteiger partial charge in [-0.25, -0.2) is 4.79 Å². The second-order valence-corrected chi connectivity index (χ2v) is 3.37. The molecule has 0 amide bonds. The molecule has 2 N–H and O–H groups in total. The van der Waals surface area contributed by atoms with Crippen molar-refractivity contribution in [2.45, 2.75) is 6.54 Å². The zero-order valence-electron chi connectivity index (χ0n) is 10.1. The summed E-state index contributed by atoms with van der Waals surface area (Å²) in [6.07, 6.45) is 0. The Morgan fingerprint density at radius 3 is 2.65 bits per heavy atom. The molecule has 0 aromatic heterocycles. The second-order valence-electron chi connectivity index (χ2n) is 3.37. The maximum absolute atomic E-state index is 11.6. The third-order valence-electron chi connectivity index (χ3n) is 2.23. The number of ether oxygens (including phenoxy) is 3. The first-order valence-electron chi connectivity index (χ1n) is 5.26. The van der Waals surface area contributed by atoms with Crippen LogP contribution in [0, 0.1) is 0 Å². The first-order valence-corrected chi connectivity index (χ1v) is 5.26. The van der Waals surface area contributed by atoms with E-state index in [2.05, 4.69) is 0 Å². The van der Waals surface area contributed by atoms with Crippen molar-refractivity contribution in [3.63, 3.8) is 0 Å². The summed E-state index contributed by atoms with van der Waals surface area (Å²) in [4.78, 5) is 11.6. The minimum absolute atomic E-state index is 0.363. The van der Waals surface area contributed by atoms with Gasteiger partial charge in [-0.1, -0.05) is 6.07 Å². The number of methoxy groups -OCH3 is 2. The Kier molecular flexibility index (Phi) is 5.45. The van der Waals surface area contributed by atoms with Gasteiger partial charge in [-0.15, -0.1) is 0 Å². The van der Waals surface area contributed by atoms with E-state index < -0.39 is 5.97 Å². The number of carbonyl (C=O) groups is 1. The van der Waals surface area contributed by atoms with Crippen molar-refractivity contribution in [2.75, 3.05) is 27.4 Å². The molecule has 0 unspecified atom stereocenters. The van der Waals surface area contributed by atoms with Gasteiger partial charge in [0.05, 0.1) is 13.7 Å². The van der Waals surface area contributed by atoms with E-state index in [1.807, 2.05) is 6.07 Å². The molecule has 0 saturated heterocycles. The van der Waals surface area contributed by atoms with Gasteiger partial charge in [0, 0.05) is 13.7 Å². The topological polar surface area (TPSA) is 70.8 Å². The van der Waals surface area contributed by atoms with Crippen molar-refractivity contribution < 1.29 is 19.0 Å². The Labute approximate surface area is 100 Å². The Morgan fingerprint density at radius 2 is 2.06 bits per heavy atom. The van der Waals surface area contributed by atoms with Crippen LogP contribution in [-0.4, -0.2) is 33.4 Å². The van der Waals surface area contributed by atoms with E-state index in [0.717, 1.165) is 5.56 Å². The van der Waals surface area contributed by atoms with E-state index in [-0.39, 0.29) is 0 Å². The van der Waals surface area contributed by atoms with E-state index >= 15 is 0 Å². The number of hydrogen-bond acceptors (Lipinski definition) is 5. The normalized spacial score (nSPS) is 10.1. The number of benzene rings is 1. The van der Waals surface area contributed by atoms with Crippen molar-refractivity contribution in [3.8, 4) is 5.75 Å². The van der Waals surface area contributed by atoms with Crippen LogP contribution in [0.3, 0.4) is 0 Å². The maximum Gasteiger partial charge on any atom is 0.341 e. The van der Waals surface area contributed by atoms with Crippen LogP contribution in [0.4, 0.5) is 0 Å². The number of carbonyl (C=O) groups excluding carboxylic acids is 1. The molecule has 0 aliphatic rings. The zero-order chi connectivity index (χ0) is 12.7. The lowest BCUT2D eigenvalue weighted by Crippen LogP contribution is -2.10. The third-order valence-corrected chi connectivity index (χ3v) is 2.23. The number of rotatable bonds is 6. The molecule has 1 rings (SSSR count). The summed E-state index contributed by atoms with van der Waals surface area (Å²) >= 11 is 0. The molecule has 5 heteroatoms. The van der Waals surface area contributed by atoms with Crippen molar-refractivity contribution in [2.24, 2.45) is 5.73 Å². The molecule has 0 saturated carbocycles. The standard InChI is InChI=1S/C12H17NO4/c1-15-5-6-17-11-4-3-9(8-13)7-10(11)12(14)16-2/h3-4,7H,5-6,8,13H2,1-2H3. The molecule has 94 valence electrons. The molecule has 17 heavy (non-hydrogen) atoms. The SMILES string of the molecule is COCCOc1ccc(CN)cc1C(=O)OC. The van der Waals surface area contributed by atoms with Crippen LogP contribution < -0.4 is 10.5 Å². The average molecular weight is 239 g/mol. The quantitative estimate of drug-likeness (QED) is 0.591. The molecular weight excluding hydrogens is 222 g/mol. The Bertz CT molecular complexity index is 379. The minimum atomic E-state index is -0.437. The fraction of sp³-hybridized carbons (Fsp3) is 0.417. The van der Waals surface area contributed by atoms with Crippen molar-refractivity contribution >= 4 is 5.97 Å². The average Bonchev–Trinajstić information content (AvgIpc) is 2.38. The lowest BCUT2D eigenvalue weighted by Gasteiger charge is -2.11. The smallest absolute Gasteiger partial charge is 0.341 e. The largest absolute Gasteiger partial charge is 0.490 e. The zero-order valence-corrected chi connectivity index (χ0v) is 10.1. The Morgan fingerprint density at radius 1 is 1.29 bits per heavy atom. The van der Waals surface area contributed by atoms with Gasteiger partial charge in [-0.2, -0.15) is 0 Å². The summed E-state index contributed by atoms with van der Waals surface area (Å²) in [5.41, 5.74) is 6.75. The van der Waals surface area contributed by atoms with Crippen molar-refractivity contribution in [3.05, 3.63) is 29.3 Å². The summed E-state index contributed by atoms with van der Waals surface area (Å²) < 4.78 is 15.0. The van der Waals surface area contributed by atoms with Crippen LogP contribution in [0.25, 0.3) is 0 Å². The molecule has 0 bridgehead atoms. The summed E-state index contributed by atoms with van der Waals surface area (Å²) in [6.45, 7) is 1.20. The number of nitrogens with two attached hydrogens (primary N) is 1. The van der Waals surface area contributed by atoms with Crippen molar-refractivity contribution in [1.82, 2.24) is 0 Å². The fourth-order valence-electron chi connectivity index (χ4n) is 1.33. The molecule has 0 atom stereocenters. The number of hydrogen-bond donors (Lipinski definition) is 1. The maximum atomic E-state index is 11.6. The highest BCUT2D eigenvalue weighted by atomic mass is 16.5. The lowest BCUT2D eigenvalue weighted by atomic mass is 10.1. The van der Waals surface area contributed by atoms with Gasteiger partial charge in [-0.05, 0) is 17.7 Å². The van der Waals surface area contributed by atoms with E-state index in [0.29, 0.717) is 31.1 Å². The van der Waals surface area contributed by atoms with E-state index in [9.17, 15) is 4.79 Å². The first-order chi connectivity index (χ1) is 8.22. The van der Waals surface area contributed by atoms with E-state index in [1.54, 1.807) is 19.2 Å². The van der Waals surface area contributed by atoms with Crippen LogP contribution in [0.1, 0.15) is 15.9 Å². The molecule has 0 spiro atoms. The van der Waals surface area contributed by atoms with Crippen LogP contribution >= 0.6 is 0 Å². The summed E-state index contributed by atoms with van der Waals surface area (Å²) in [5.74, 6) is 0.0406.